The summed E-state index contributed by atoms with van der Waals surface area (Å²) in [5, 5.41) is 2.89. The second-order valence-corrected chi connectivity index (χ2v) is 5.31. The molecule has 2 amide bonds. The fraction of sp³-hybridized carbons (Fsp3) is 0.467. The highest BCUT2D eigenvalue weighted by Crippen LogP contribution is 2.32. The summed E-state index contributed by atoms with van der Waals surface area (Å²) >= 11 is 0. The van der Waals surface area contributed by atoms with E-state index in [1.807, 2.05) is 0 Å². The van der Waals surface area contributed by atoms with E-state index in [4.69, 9.17) is 16.2 Å². The number of hydrogen-bond acceptors (Lipinski definition) is 4. The standard InChI is InChI=1S/C15H21N3O3.ClH/c16-8-10-3-1-6-13(10)15(20)18-11-4-2-5-12(7-11)21-9-14(17)19;/h2,4-5,7,10,13H,1,3,6,8-9,16H2,(H2,17,19)(H,18,20);1H/t10-,13-;/m1./s1. The molecule has 6 nitrogen and oxygen atoms in total. The van der Waals surface area contributed by atoms with Crippen molar-refractivity contribution < 1.29 is 14.3 Å². The Balaban J connectivity index is 0.00000242. The molecule has 7 heteroatoms. The van der Waals surface area contributed by atoms with Crippen LogP contribution in [0.5, 0.6) is 5.75 Å². The highest BCUT2D eigenvalue weighted by atomic mass is 35.5. The van der Waals surface area contributed by atoms with Gasteiger partial charge < -0.3 is 21.5 Å². The Kier molecular flexibility index (Phi) is 7.14. The fourth-order valence-corrected chi connectivity index (χ4v) is 2.72. The molecule has 0 aliphatic heterocycles. The van der Waals surface area contributed by atoms with E-state index < -0.39 is 5.91 Å². The van der Waals surface area contributed by atoms with Gasteiger partial charge >= 0.3 is 0 Å². The van der Waals surface area contributed by atoms with Crippen molar-refractivity contribution in [2.45, 2.75) is 19.3 Å². The summed E-state index contributed by atoms with van der Waals surface area (Å²) in [5.41, 5.74) is 11.4. The molecular weight excluding hydrogens is 306 g/mol. The summed E-state index contributed by atoms with van der Waals surface area (Å²) in [4.78, 5) is 23.0. The van der Waals surface area contributed by atoms with E-state index in [2.05, 4.69) is 5.32 Å². The molecule has 1 aliphatic carbocycles. The molecule has 0 unspecified atom stereocenters. The number of nitrogens with two attached hydrogens (primary N) is 2. The molecule has 1 saturated carbocycles. The largest absolute Gasteiger partial charge is 0.484 e. The molecule has 0 aromatic heterocycles. The molecular formula is C15H22ClN3O3. The average molecular weight is 328 g/mol. The van der Waals surface area contributed by atoms with Crippen LogP contribution in [-0.2, 0) is 9.59 Å². The maximum Gasteiger partial charge on any atom is 0.255 e. The zero-order valence-electron chi connectivity index (χ0n) is 12.3. The quantitative estimate of drug-likeness (QED) is 0.731. The van der Waals surface area contributed by atoms with Crippen LogP contribution in [0.3, 0.4) is 0 Å². The van der Waals surface area contributed by atoms with Gasteiger partial charge in [-0.15, -0.1) is 12.4 Å². The van der Waals surface area contributed by atoms with Crippen LogP contribution in [0, 0.1) is 11.8 Å². The summed E-state index contributed by atoms with van der Waals surface area (Å²) in [6, 6.07) is 6.91. The van der Waals surface area contributed by atoms with E-state index in [0.29, 0.717) is 18.0 Å². The Bertz CT molecular complexity index is 525. The van der Waals surface area contributed by atoms with E-state index in [9.17, 15) is 9.59 Å². The molecule has 122 valence electrons. The van der Waals surface area contributed by atoms with Gasteiger partial charge in [0.25, 0.3) is 5.91 Å². The number of rotatable bonds is 6. The summed E-state index contributed by atoms with van der Waals surface area (Å²) in [6.07, 6.45) is 2.93. The monoisotopic (exact) mass is 327 g/mol. The molecule has 1 aromatic carbocycles. The minimum absolute atomic E-state index is 0. The number of hydrogen-bond donors (Lipinski definition) is 3. The molecule has 2 atom stereocenters. The van der Waals surface area contributed by atoms with Crippen LogP contribution < -0.4 is 21.5 Å². The third kappa shape index (κ3) is 4.89. The van der Waals surface area contributed by atoms with Crippen LogP contribution >= 0.6 is 12.4 Å². The minimum Gasteiger partial charge on any atom is -0.484 e. The van der Waals surface area contributed by atoms with Gasteiger partial charge in [-0.1, -0.05) is 12.5 Å². The Labute approximate surface area is 136 Å². The van der Waals surface area contributed by atoms with Crippen molar-refractivity contribution in [2.75, 3.05) is 18.5 Å². The third-order valence-corrected chi connectivity index (χ3v) is 3.78. The van der Waals surface area contributed by atoms with Gasteiger partial charge in [-0.2, -0.15) is 0 Å². The second-order valence-electron chi connectivity index (χ2n) is 5.31. The first-order valence-electron chi connectivity index (χ1n) is 7.12. The number of anilines is 1. The van der Waals surface area contributed by atoms with Gasteiger partial charge in [0.15, 0.2) is 6.61 Å². The van der Waals surface area contributed by atoms with Gasteiger partial charge in [-0.3, -0.25) is 9.59 Å². The Hall–Kier alpha value is -1.79. The summed E-state index contributed by atoms with van der Waals surface area (Å²) in [7, 11) is 0. The van der Waals surface area contributed by atoms with Crippen LogP contribution in [-0.4, -0.2) is 25.0 Å². The van der Waals surface area contributed by atoms with Gasteiger partial charge in [0.1, 0.15) is 5.75 Å². The zero-order valence-corrected chi connectivity index (χ0v) is 13.1. The maximum absolute atomic E-state index is 12.3. The average Bonchev–Trinajstić information content (AvgIpc) is 2.94. The molecule has 1 aliphatic rings. The minimum atomic E-state index is -0.541. The normalized spacial score (nSPS) is 20.0. The SMILES string of the molecule is Cl.NC[C@H]1CCC[C@H]1C(=O)Nc1cccc(OCC(N)=O)c1. The molecule has 0 heterocycles. The van der Waals surface area contributed by atoms with Crippen molar-refractivity contribution in [1.82, 2.24) is 0 Å². The van der Waals surface area contributed by atoms with Crippen LogP contribution in [0.4, 0.5) is 5.69 Å². The Morgan fingerprint density at radius 3 is 2.77 bits per heavy atom. The molecule has 1 fully saturated rings. The van der Waals surface area contributed by atoms with Crippen molar-refractivity contribution in [3.05, 3.63) is 24.3 Å². The van der Waals surface area contributed by atoms with Gasteiger partial charge in [-0.05, 0) is 37.4 Å². The molecule has 1 aromatic rings. The lowest BCUT2D eigenvalue weighted by molar-refractivity contribution is -0.121. The van der Waals surface area contributed by atoms with Gasteiger partial charge in [0, 0.05) is 17.7 Å². The Morgan fingerprint density at radius 1 is 1.32 bits per heavy atom. The first-order chi connectivity index (χ1) is 10.1. The zero-order chi connectivity index (χ0) is 15.2. The number of benzene rings is 1. The number of ether oxygens (including phenoxy) is 1. The van der Waals surface area contributed by atoms with Crippen LogP contribution in [0.25, 0.3) is 0 Å². The number of carbonyl (C=O) groups is 2. The van der Waals surface area contributed by atoms with E-state index in [1.165, 1.54) is 0 Å². The van der Waals surface area contributed by atoms with E-state index in [1.54, 1.807) is 24.3 Å². The number of halogens is 1. The highest BCUT2D eigenvalue weighted by Gasteiger charge is 2.31. The fourth-order valence-electron chi connectivity index (χ4n) is 2.72. The molecule has 0 saturated heterocycles. The third-order valence-electron chi connectivity index (χ3n) is 3.78. The first-order valence-corrected chi connectivity index (χ1v) is 7.12. The molecule has 5 N–H and O–H groups in total. The highest BCUT2D eigenvalue weighted by molar-refractivity contribution is 5.93. The summed E-state index contributed by atoms with van der Waals surface area (Å²) in [6.45, 7) is 0.356. The number of carbonyl (C=O) groups excluding carboxylic acids is 2. The van der Waals surface area contributed by atoms with Gasteiger partial charge in [0.05, 0.1) is 0 Å². The van der Waals surface area contributed by atoms with Crippen LogP contribution in [0.1, 0.15) is 19.3 Å². The number of amides is 2. The first kappa shape index (κ1) is 18.3. The van der Waals surface area contributed by atoms with E-state index >= 15 is 0 Å². The summed E-state index contributed by atoms with van der Waals surface area (Å²) < 4.78 is 5.21. The second kappa shape index (κ2) is 8.60. The molecule has 0 spiro atoms. The van der Waals surface area contributed by atoms with Crippen LogP contribution in [0.2, 0.25) is 0 Å². The summed E-state index contributed by atoms with van der Waals surface area (Å²) in [5.74, 6) is 0.189. The van der Waals surface area contributed by atoms with Crippen molar-refractivity contribution >= 4 is 29.9 Å². The molecule has 22 heavy (non-hydrogen) atoms. The molecule has 2 rings (SSSR count). The van der Waals surface area contributed by atoms with Crippen molar-refractivity contribution in [3.8, 4) is 5.75 Å². The smallest absolute Gasteiger partial charge is 0.255 e. The predicted octanol–water partition coefficient (Wildman–Crippen LogP) is 1.29. The van der Waals surface area contributed by atoms with E-state index in [-0.39, 0.29) is 36.8 Å². The lowest BCUT2D eigenvalue weighted by Gasteiger charge is -2.17. The topological polar surface area (TPSA) is 107 Å². The van der Waals surface area contributed by atoms with Crippen molar-refractivity contribution in [1.29, 1.82) is 0 Å². The van der Waals surface area contributed by atoms with Gasteiger partial charge in [0.2, 0.25) is 5.91 Å². The van der Waals surface area contributed by atoms with Gasteiger partial charge in [-0.25, -0.2) is 0 Å². The van der Waals surface area contributed by atoms with Crippen molar-refractivity contribution in [2.24, 2.45) is 23.3 Å². The van der Waals surface area contributed by atoms with Crippen LogP contribution in [0.15, 0.2) is 24.3 Å². The number of primary amides is 1. The molecule has 0 radical (unpaired) electrons. The lowest BCUT2D eigenvalue weighted by atomic mass is 9.95. The number of nitrogens with one attached hydrogen (secondary N) is 1. The molecule has 0 bridgehead atoms. The lowest BCUT2D eigenvalue weighted by Crippen LogP contribution is -2.29. The van der Waals surface area contributed by atoms with Crippen molar-refractivity contribution in [3.63, 3.8) is 0 Å². The maximum atomic E-state index is 12.3. The van der Waals surface area contributed by atoms with E-state index in [0.717, 1.165) is 19.3 Å². The predicted molar refractivity (Wildman–Crippen MR) is 86.9 cm³/mol. The Morgan fingerprint density at radius 2 is 2.09 bits per heavy atom.